The molecule has 0 bridgehead atoms. The van der Waals surface area contributed by atoms with Crippen LogP contribution in [0.25, 0.3) is 11.0 Å². The van der Waals surface area contributed by atoms with Crippen LogP contribution in [0, 0.1) is 6.92 Å². The molecule has 138 valence electrons. The maximum absolute atomic E-state index is 12.3. The molecule has 0 saturated carbocycles. The third-order valence-electron chi connectivity index (χ3n) is 4.23. The maximum atomic E-state index is 12.3. The van der Waals surface area contributed by atoms with E-state index in [9.17, 15) is 9.59 Å². The van der Waals surface area contributed by atoms with Gasteiger partial charge in [-0.15, -0.1) is 0 Å². The van der Waals surface area contributed by atoms with E-state index in [0.717, 1.165) is 29.0 Å². The fourth-order valence-corrected chi connectivity index (χ4v) is 2.84. The van der Waals surface area contributed by atoms with Gasteiger partial charge in [0, 0.05) is 12.1 Å². The van der Waals surface area contributed by atoms with Crippen molar-refractivity contribution in [2.24, 2.45) is 5.10 Å². The standard InChI is InChI=1S/C20H20N4O3/c1-4-24-13(2)22-17-11-16(9-10-18(17)24)19(25)23-21-12-14-5-7-15(8-6-14)20(26)27-3/h5-12H,4H2,1-3H3,(H,23,25). The van der Waals surface area contributed by atoms with Crippen LogP contribution in [0.5, 0.6) is 0 Å². The van der Waals surface area contributed by atoms with Crippen LogP contribution in [0.1, 0.15) is 39.0 Å². The van der Waals surface area contributed by atoms with Gasteiger partial charge in [0.1, 0.15) is 5.82 Å². The third kappa shape index (κ3) is 3.87. The number of rotatable bonds is 5. The molecule has 27 heavy (non-hydrogen) atoms. The van der Waals surface area contributed by atoms with Crippen LogP contribution >= 0.6 is 0 Å². The van der Waals surface area contributed by atoms with E-state index in [1.807, 2.05) is 13.0 Å². The van der Waals surface area contributed by atoms with Gasteiger partial charge in [-0.05, 0) is 49.7 Å². The van der Waals surface area contributed by atoms with Crippen LogP contribution in [0.3, 0.4) is 0 Å². The number of fused-ring (bicyclic) bond motifs is 1. The van der Waals surface area contributed by atoms with E-state index < -0.39 is 5.97 Å². The Morgan fingerprint density at radius 2 is 1.89 bits per heavy atom. The summed E-state index contributed by atoms with van der Waals surface area (Å²) in [7, 11) is 1.33. The van der Waals surface area contributed by atoms with Crippen molar-refractivity contribution in [1.29, 1.82) is 0 Å². The first-order valence-corrected chi connectivity index (χ1v) is 8.52. The summed E-state index contributed by atoms with van der Waals surface area (Å²) in [6.07, 6.45) is 1.51. The number of imidazole rings is 1. The topological polar surface area (TPSA) is 85.6 Å². The molecule has 0 aliphatic rings. The van der Waals surface area contributed by atoms with Gasteiger partial charge in [-0.3, -0.25) is 4.79 Å². The number of hydrogen-bond donors (Lipinski definition) is 1. The molecule has 1 amide bonds. The van der Waals surface area contributed by atoms with E-state index in [1.165, 1.54) is 13.3 Å². The molecule has 0 aliphatic heterocycles. The summed E-state index contributed by atoms with van der Waals surface area (Å²) in [5.41, 5.74) is 5.97. The zero-order valence-electron chi connectivity index (χ0n) is 15.4. The summed E-state index contributed by atoms with van der Waals surface area (Å²) in [5.74, 6) is 0.199. The number of carbonyl (C=O) groups is 2. The molecule has 0 unspecified atom stereocenters. The van der Waals surface area contributed by atoms with Crippen molar-refractivity contribution < 1.29 is 14.3 Å². The van der Waals surface area contributed by atoms with Crippen LogP contribution in [0.15, 0.2) is 47.6 Å². The number of carbonyl (C=O) groups excluding carboxylic acids is 2. The Bertz CT molecular complexity index is 1020. The van der Waals surface area contributed by atoms with Gasteiger partial charge in [0.05, 0.1) is 29.9 Å². The zero-order chi connectivity index (χ0) is 19.4. The Kier molecular flexibility index (Phi) is 5.30. The van der Waals surface area contributed by atoms with Crippen LogP contribution in [-0.4, -0.2) is 34.8 Å². The average Bonchev–Trinajstić information content (AvgIpc) is 3.01. The van der Waals surface area contributed by atoms with Crippen LogP contribution < -0.4 is 5.43 Å². The summed E-state index contributed by atoms with van der Waals surface area (Å²) in [6, 6.07) is 12.1. The summed E-state index contributed by atoms with van der Waals surface area (Å²) < 4.78 is 6.74. The quantitative estimate of drug-likeness (QED) is 0.428. The van der Waals surface area contributed by atoms with E-state index >= 15 is 0 Å². The Morgan fingerprint density at radius 3 is 2.56 bits per heavy atom. The first-order valence-electron chi connectivity index (χ1n) is 8.52. The number of aryl methyl sites for hydroxylation is 2. The second kappa shape index (κ2) is 7.82. The first kappa shape index (κ1) is 18.3. The number of esters is 1. The molecule has 0 spiro atoms. The van der Waals surface area contributed by atoms with Gasteiger partial charge in [0.2, 0.25) is 0 Å². The third-order valence-corrected chi connectivity index (χ3v) is 4.23. The van der Waals surface area contributed by atoms with Crippen molar-refractivity contribution in [3.05, 3.63) is 65.0 Å². The SMILES string of the molecule is CCn1c(C)nc2cc(C(=O)NN=Cc3ccc(C(=O)OC)cc3)ccc21. The highest BCUT2D eigenvalue weighted by atomic mass is 16.5. The molecule has 0 fully saturated rings. The molecule has 0 radical (unpaired) electrons. The minimum absolute atomic E-state index is 0.317. The first-order chi connectivity index (χ1) is 13.0. The highest BCUT2D eigenvalue weighted by Gasteiger charge is 2.10. The second-order valence-electron chi connectivity index (χ2n) is 5.92. The van der Waals surface area contributed by atoms with Crippen molar-refractivity contribution in [2.45, 2.75) is 20.4 Å². The average molecular weight is 364 g/mol. The van der Waals surface area contributed by atoms with E-state index in [-0.39, 0.29) is 5.91 Å². The predicted octanol–water partition coefficient (Wildman–Crippen LogP) is 2.92. The van der Waals surface area contributed by atoms with Gasteiger partial charge in [0.25, 0.3) is 5.91 Å². The lowest BCUT2D eigenvalue weighted by Gasteiger charge is -2.03. The molecule has 0 saturated heterocycles. The molecule has 2 aromatic carbocycles. The number of aromatic nitrogens is 2. The molecular formula is C20H20N4O3. The minimum atomic E-state index is -0.400. The molecule has 7 nitrogen and oxygen atoms in total. The molecule has 1 N–H and O–H groups in total. The normalized spacial score (nSPS) is 11.1. The molecule has 1 heterocycles. The Morgan fingerprint density at radius 1 is 1.19 bits per heavy atom. The Labute approximate surface area is 156 Å². The Hall–Kier alpha value is -3.48. The number of ether oxygens (including phenoxy) is 1. The molecule has 3 rings (SSSR count). The van der Waals surface area contributed by atoms with Gasteiger partial charge in [-0.2, -0.15) is 5.10 Å². The van der Waals surface area contributed by atoms with Gasteiger partial charge in [-0.1, -0.05) is 12.1 Å². The van der Waals surface area contributed by atoms with Crippen molar-refractivity contribution >= 4 is 29.1 Å². The molecule has 7 heteroatoms. The number of hydrogen-bond acceptors (Lipinski definition) is 5. The highest BCUT2D eigenvalue weighted by molar-refractivity contribution is 5.98. The van der Waals surface area contributed by atoms with E-state index in [4.69, 9.17) is 0 Å². The van der Waals surface area contributed by atoms with Crippen LogP contribution in [0.2, 0.25) is 0 Å². The molecular weight excluding hydrogens is 344 g/mol. The molecule has 1 aromatic heterocycles. The lowest BCUT2D eigenvalue weighted by molar-refractivity contribution is 0.0600. The van der Waals surface area contributed by atoms with Crippen molar-refractivity contribution in [2.75, 3.05) is 7.11 Å². The van der Waals surface area contributed by atoms with E-state index in [0.29, 0.717) is 11.1 Å². The summed E-state index contributed by atoms with van der Waals surface area (Å²) in [6.45, 7) is 4.83. The number of nitrogens with one attached hydrogen (secondary N) is 1. The summed E-state index contributed by atoms with van der Waals surface area (Å²) in [4.78, 5) is 28.2. The zero-order valence-corrected chi connectivity index (χ0v) is 15.4. The molecule has 0 atom stereocenters. The van der Waals surface area contributed by atoms with Gasteiger partial charge in [0.15, 0.2) is 0 Å². The number of nitrogens with zero attached hydrogens (tertiary/aromatic N) is 3. The number of hydrazone groups is 1. The minimum Gasteiger partial charge on any atom is -0.465 e. The van der Waals surface area contributed by atoms with Crippen molar-refractivity contribution in [3.8, 4) is 0 Å². The van der Waals surface area contributed by atoms with Crippen LogP contribution in [-0.2, 0) is 11.3 Å². The highest BCUT2D eigenvalue weighted by Crippen LogP contribution is 2.17. The number of amides is 1. The smallest absolute Gasteiger partial charge is 0.337 e. The van der Waals surface area contributed by atoms with Gasteiger partial charge < -0.3 is 9.30 Å². The lowest BCUT2D eigenvalue weighted by Crippen LogP contribution is -2.17. The number of benzene rings is 2. The van der Waals surface area contributed by atoms with Gasteiger partial charge >= 0.3 is 5.97 Å². The Balaban J connectivity index is 1.69. The predicted molar refractivity (Wildman–Crippen MR) is 103 cm³/mol. The second-order valence-corrected chi connectivity index (χ2v) is 5.92. The largest absolute Gasteiger partial charge is 0.465 e. The van der Waals surface area contributed by atoms with Gasteiger partial charge in [-0.25, -0.2) is 15.2 Å². The fourth-order valence-electron chi connectivity index (χ4n) is 2.84. The molecule has 3 aromatic rings. The summed E-state index contributed by atoms with van der Waals surface area (Å²) in [5, 5.41) is 3.97. The number of methoxy groups -OCH3 is 1. The maximum Gasteiger partial charge on any atom is 0.337 e. The fraction of sp³-hybridized carbons (Fsp3) is 0.200. The van der Waals surface area contributed by atoms with Crippen molar-refractivity contribution in [1.82, 2.24) is 15.0 Å². The lowest BCUT2D eigenvalue weighted by atomic mass is 10.1. The van der Waals surface area contributed by atoms with Crippen LogP contribution in [0.4, 0.5) is 0 Å². The summed E-state index contributed by atoms with van der Waals surface area (Å²) >= 11 is 0. The monoisotopic (exact) mass is 364 g/mol. The van der Waals surface area contributed by atoms with E-state index in [2.05, 4.69) is 31.7 Å². The van der Waals surface area contributed by atoms with Crippen molar-refractivity contribution in [3.63, 3.8) is 0 Å². The van der Waals surface area contributed by atoms with E-state index in [1.54, 1.807) is 36.4 Å². The molecule has 0 aliphatic carbocycles.